The zero-order valence-corrected chi connectivity index (χ0v) is 14.5. The lowest BCUT2D eigenvalue weighted by molar-refractivity contribution is -0.131. The number of carbonyl (C=O) groups is 1. The Morgan fingerprint density at radius 3 is 2.42 bits per heavy atom. The van der Waals surface area contributed by atoms with E-state index in [4.69, 9.17) is 14.6 Å². The normalized spacial score (nSPS) is 14.0. The number of rotatable bonds is 5. The summed E-state index contributed by atoms with van der Waals surface area (Å²) in [6, 6.07) is 10.7. The van der Waals surface area contributed by atoms with Crippen molar-refractivity contribution in [2.45, 2.75) is 11.3 Å². The minimum atomic E-state index is -3.78. The minimum Gasteiger partial charge on any atom is -0.490 e. The lowest BCUT2D eigenvalue weighted by Crippen LogP contribution is -2.13. The van der Waals surface area contributed by atoms with Gasteiger partial charge in [-0.3, -0.25) is 4.72 Å². The van der Waals surface area contributed by atoms with E-state index in [9.17, 15) is 13.2 Å². The molecule has 0 fully saturated rings. The molecule has 2 aromatic rings. The first kappa shape index (κ1) is 17.8. The van der Waals surface area contributed by atoms with E-state index in [2.05, 4.69) is 4.72 Å². The summed E-state index contributed by atoms with van der Waals surface area (Å²) in [6.45, 7) is 1.06. The van der Waals surface area contributed by atoms with Crippen molar-refractivity contribution in [1.29, 1.82) is 0 Å². The molecule has 0 aliphatic carbocycles. The highest BCUT2D eigenvalue weighted by atomic mass is 32.2. The van der Waals surface area contributed by atoms with Crippen LogP contribution in [0.5, 0.6) is 11.5 Å². The van der Waals surface area contributed by atoms with Crippen LogP contribution in [0, 0.1) is 0 Å². The molecule has 2 N–H and O–H groups in total. The number of benzene rings is 2. The number of ether oxygens (including phenoxy) is 2. The summed E-state index contributed by atoms with van der Waals surface area (Å²) in [5.74, 6) is 0.00893. The van der Waals surface area contributed by atoms with E-state index in [1.165, 1.54) is 30.3 Å². The number of carboxylic acid groups (broad SMARTS) is 1. The fraction of sp³-hybridized carbons (Fsp3) is 0.167. The third-order valence-electron chi connectivity index (χ3n) is 3.61. The standard InChI is InChI=1S/C18H17NO6S/c20-18(21)9-4-13-2-6-15(7-3-13)26(22,23)19-14-5-8-16-17(12-14)25-11-1-10-24-16/h2-9,12,19H,1,10-11H2,(H,20,21)/b9-4+. The average Bonchev–Trinajstić information content (AvgIpc) is 2.85. The molecular weight excluding hydrogens is 358 g/mol. The molecular formula is C18H17NO6S. The Balaban J connectivity index is 1.78. The van der Waals surface area contributed by atoms with Gasteiger partial charge in [0.1, 0.15) is 0 Å². The van der Waals surface area contributed by atoms with Gasteiger partial charge in [-0.15, -0.1) is 0 Å². The molecule has 0 radical (unpaired) electrons. The molecule has 26 heavy (non-hydrogen) atoms. The van der Waals surface area contributed by atoms with Gasteiger partial charge in [0, 0.05) is 18.6 Å². The Bertz CT molecular complexity index is 935. The van der Waals surface area contributed by atoms with Crippen molar-refractivity contribution >= 4 is 27.8 Å². The van der Waals surface area contributed by atoms with Gasteiger partial charge in [0.2, 0.25) is 0 Å². The van der Waals surface area contributed by atoms with Crippen LogP contribution in [-0.2, 0) is 14.8 Å². The molecule has 1 aliphatic heterocycles. The fourth-order valence-electron chi connectivity index (χ4n) is 2.37. The van der Waals surface area contributed by atoms with E-state index in [1.54, 1.807) is 18.2 Å². The third-order valence-corrected chi connectivity index (χ3v) is 5.01. The van der Waals surface area contributed by atoms with Crippen LogP contribution in [0.25, 0.3) is 6.08 Å². The maximum absolute atomic E-state index is 12.5. The first-order valence-electron chi connectivity index (χ1n) is 7.87. The zero-order chi connectivity index (χ0) is 18.6. The highest BCUT2D eigenvalue weighted by Crippen LogP contribution is 2.33. The molecule has 136 valence electrons. The van der Waals surface area contributed by atoms with Gasteiger partial charge in [0.05, 0.1) is 23.8 Å². The van der Waals surface area contributed by atoms with Gasteiger partial charge in [0.15, 0.2) is 11.5 Å². The highest BCUT2D eigenvalue weighted by molar-refractivity contribution is 7.92. The van der Waals surface area contributed by atoms with Crippen LogP contribution in [0.15, 0.2) is 53.4 Å². The van der Waals surface area contributed by atoms with Crippen molar-refractivity contribution in [2.75, 3.05) is 17.9 Å². The fourth-order valence-corrected chi connectivity index (χ4v) is 3.42. The number of hydrogen-bond donors (Lipinski definition) is 2. The van der Waals surface area contributed by atoms with Crippen molar-refractivity contribution in [2.24, 2.45) is 0 Å². The molecule has 0 atom stereocenters. The van der Waals surface area contributed by atoms with Gasteiger partial charge in [-0.2, -0.15) is 0 Å². The molecule has 0 unspecified atom stereocenters. The predicted octanol–water partition coefficient (Wildman–Crippen LogP) is 2.75. The van der Waals surface area contributed by atoms with E-state index < -0.39 is 16.0 Å². The topological polar surface area (TPSA) is 102 Å². The second kappa shape index (κ2) is 7.49. The number of sulfonamides is 1. The van der Waals surface area contributed by atoms with Crippen LogP contribution in [0.2, 0.25) is 0 Å². The van der Waals surface area contributed by atoms with Gasteiger partial charge in [-0.25, -0.2) is 13.2 Å². The second-order valence-corrected chi connectivity index (χ2v) is 7.24. The summed E-state index contributed by atoms with van der Waals surface area (Å²) in [5, 5.41) is 8.61. The summed E-state index contributed by atoms with van der Waals surface area (Å²) in [4.78, 5) is 10.6. The third kappa shape index (κ3) is 4.34. The van der Waals surface area contributed by atoms with Gasteiger partial charge < -0.3 is 14.6 Å². The molecule has 0 bridgehead atoms. The molecule has 3 rings (SSSR count). The average molecular weight is 375 g/mol. The smallest absolute Gasteiger partial charge is 0.328 e. The quantitative estimate of drug-likeness (QED) is 0.779. The highest BCUT2D eigenvalue weighted by Gasteiger charge is 2.16. The number of nitrogens with one attached hydrogen (secondary N) is 1. The molecule has 8 heteroatoms. The van der Waals surface area contributed by atoms with Crippen LogP contribution in [0.4, 0.5) is 5.69 Å². The van der Waals surface area contributed by atoms with Crippen molar-refractivity contribution in [3.05, 3.63) is 54.1 Å². The van der Waals surface area contributed by atoms with E-state index in [1.807, 2.05) is 0 Å². The Kier molecular flexibility index (Phi) is 5.13. The Morgan fingerprint density at radius 1 is 1.04 bits per heavy atom. The van der Waals surface area contributed by atoms with Crippen molar-refractivity contribution in [1.82, 2.24) is 0 Å². The maximum Gasteiger partial charge on any atom is 0.328 e. The van der Waals surface area contributed by atoms with Gasteiger partial charge >= 0.3 is 5.97 Å². The first-order chi connectivity index (χ1) is 12.4. The molecule has 7 nitrogen and oxygen atoms in total. The summed E-state index contributed by atoms with van der Waals surface area (Å²) < 4.78 is 38.6. The summed E-state index contributed by atoms with van der Waals surface area (Å²) >= 11 is 0. The molecule has 1 aliphatic rings. The SMILES string of the molecule is O=C(O)/C=C/c1ccc(S(=O)(=O)Nc2ccc3c(c2)OCCCO3)cc1. The molecule has 1 heterocycles. The summed E-state index contributed by atoms with van der Waals surface area (Å²) in [5.41, 5.74) is 0.950. The van der Waals surface area contributed by atoms with E-state index in [-0.39, 0.29) is 4.90 Å². The monoisotopic (exact) mass is 375 g/mol. The lowest BCUT2D eigenvalue weighted by Gasteiger charge is -2.12. The number of carboxylic acids is 1. The Hall–Kier alpha value is -3.00. The van der Waals surface area contributed by atoms with Gasteiger partial charge in [-0.1, -0.05) is 12.1 Å². The molecule has 0 spiro atoms. The molecule has 0 saturated heterocycles. The summed E-state index contributed by atoms with van der Waals surface area (Å²) in [6.07, 6.45) is 3.13. The zero-order valence-electron chi connectivity index (χ0n) is 13.7. The molecule has 2 aromatic carbocycles. The van der Waals surface area contributed by atoms with Crippen molar-refractivity contribution < 1.29 is 27.8 Å². The summed E-state index contributed by atoms with van der Waals surface area (Å²) in [7, 11) is -3.78. The maximum atomic E-state index is 12.5. The van der Waals surface area contributed by atoms with Crippen LogP contribution in [0.1, 0.15) is 12.0 Å². The number of hydrogen-bond acceptors (Lipinski definition) is 5. The van der Waals surface area contributed by atoms with E-state index in [0.29, 0.717) is 36.0 Å². The first-order valence-corrected chi connectivity index (χ1v) is 9.36. The van der Waals surface area contributed by atoms with Crippen LogP contribution in [0.3, 0.4) is 0 Å². The number of anilines is 1. The van der Waals surface area contributed by atoms with Crippen LogP contribution < -0.4 is 14.2 Å². The van der Waals surface area contributed by atoms with Crippen LogP contribution >= 0.6 is 0 Å². The van der Waals surface area contributed by atoms with Gasteiger partial charge in [-0.05, 0) is 35.9 Å². The van der Waals surface area contributed by atoms with Gasteiger partial charge in [0.25, 0.3) is 10.0 Å². The second-order valence-electron chi connectivity index (χ2n) is 5.56. The number of aliphatic carboxylic acids is 1. The Labute approximate surface area is 150 Å². The molecule has 0 amide bonds. The minimum absolute atomic E-state index is 0.0667. The largest absolute Gasteiger partial charge is 0.490 e. The van der Waals surface area contributed by atoms with E-state index in [0.717, 1.165) is 12.5 Å². The van der Waals surface area contributed by atoms with Crippen molar-refractivity contribution in [3.63, 3.8) is 0 Å². The predicted molar refractivity (Wildman–Crippen MR) is 96.0 cm³/mol. The van der Waals surface area contributed by atoms with E-state index >= 15 is 0 Å². The van der Waals surface area contributed by atoms with Crippen molar-refractivity contribution in [3.8, 4) is 11.5 Å². The molecule has 0 saturated carbocycles. The van der Waals surface area contributed by atoms with Crippen LogP contribution in [-0.4, -0.2) is 32.7 Å². The Morgan fingerprint density at radius 2 is 1.73 bits per heavy atom. The number of fused-ring (bicyclic) bond motifs is 1. The molecule has 0 aromatic heterocycles. The lowest BCUT2D eigenvalue weighted by atomic mass is 10.2.